The molecular formula is C40H50O5Si. The average Bonchev–Trinajstić information content (AvgIpc) is 3.06. The van der Waals surface area contributed by atoms with E-state index in [4.69, 9.17) is 13.9 Å². The van der Waals surface area contributed by atoms with Crippen molar-refractivity contribution in [3.8, 4) is 23.3 Å². The number of hydrogen-bond acceptors (Lipinski definition) is 5. The SMILES string of the molecule is COc1ccc(OCCCCC#CCCC2=C[C@H](CO[Si](c3ccccc3)(c3ccccc3)C(C)(C)C)[C@H](CCO)CC2=O)cc1. The molecule has 0 amide bonds. The summed E-state index contributed by atoms with van der Waals surface area (Å²) in [4.78, 5) is 13.2. The molecule has 1 aliphatic rings. The predicted molar refractivity (Wildman–Crippen MR) is 189 cm³/mol. The molecule has 0 radical (unpaired) electrons. The zero-order valence-electron chi connectivity index (χ0n) is 28.0. The summed E-state index contributed by atoms with van der Waals surface area (Å²) < 4.78 is 18.2. The summed E-state index contributed by atoms with van der Waals surface area (Å²) in [5.41, 5.74) is 0.854. The Hall–Kier alpha value is -3.63. The Labute approximate surface area is 277 Å². The van der Waals surface area contributed by atoms with Crippen molar-refractivity contribution in [2.45, 2.75) is 70.8 Å². The molecular weight excluding hydrogens is 589 g/mol. The van der Waals surface area contributed by atoms with E-state index in [1.54, 1.807) is 7.11 Å². The van der Waals surface area contributed by atoms with E-state index >= 15 is 0 Å². The second-order valence-electron chi connectivity index (χ2n) is 13.1. The monoisotopic (exact) mass is 638 g/mol. The molecule has 0 saturated carbocycles. The van der Waals surface area contributed by atoms with Crippen LogP contribution >= 0.6 is 0 Å². The van der Waals surface area contributed by atoms with Gasteiger partial charge in [0.1, 0.15) is 11.5 Å². The molecule has 0 saturated heterocycles. The molecule has 1 N–H and O–H groups in total. The van der Waals surface area contributed by atoms with E-state index in [-0.39, 0.29) is 29.3 Å². The fourth-order valence-corrected chi connectivity index (χ4v) is 11.0. The number of aliphatic hydroxyl groups is 1. The predicted octanol–water partition coefficient (Wildman–Crippen LogP) is 7.12. The average molecular weight is 639 g/mol. The first-order chi connectivity index (χ1) is 22.3. The van der Waals surface area contributed by atoms with Crippen molar-refractivity contribution < 1.29 is 23.8 Å². The van der Waals surface area contributed by atoms with Gasteiger partial charge in [0.25, 0.3) is 8.32 Å². The normalized spacial score (nSPS) is 16.7. The van der Waals surface area contributed by atoms with Crippen molar-refractivity contribution in [3.05, 3.63) is 96.6 Å². The van der Waals surface area contributed by atoms with Gasteiger partial charge in [-0.25, -0.2) is 0 Å². The molecule has 1 aliphatic carbocycles. The zero-order chi connectivity index (χ0) is 32.8. The molecule has 0 fully saturated rings. The summed E-state index contributed by atoms with van der Waals surface area (Å²) in [6.45, 7) is 8.07. The van der Waals surface area contributed by atoms with Crippen molar-refractivity contribution in [2.75, 3.05) is 26.9 Å². The van der Waals surface area contributed by atoms with Crippen LogP contribution in [0.5, 0.6) is 11.5 Å². The molecule has 0 aliphatic heterocycles. The van der Waals surface area contributed by atoms with E-state index in [9.17, 15) is 9.90 Å². The summed E-state index contributed by atoms with van der Waals surface area (Å²) >= 11 is 0. The third-order valence-electron chi connectivity index (χ3n) is 8.90. The molecule has 46 heavy (non-hydrogen) atoms. The lowest BCUT2D eigenvalue weighted by Gasteiger charge is -2.44. The third-order valence-corrected chi connectivity index (χ3v) is 13.9. The van der Waals surface area contributed by atoms with E-state index in [2.05, 4.69) is 99.4 Å². The van der Waals surface area contributed by atoms with Gasteiger partial charge >= 0.3 is 0 Å². The smallest absolute Gasteiger partial charge is 0.261 e. The Morgan fingerprint density at radius 1 is 0.848 bits per heavy atom. The molecule has 6 heteroatoms. The summed E-state index contributed by atoms with van der Waals surface area (Å²) in [7, 11) is -1.06. The number of Topliss-reactive ketones (excluding diaryl/α,β-unsaturated/α-hetero) is 1. The number of carbonyl (C=O) groups excluding carboxylic acids is 1. The standard InChI is InChI=1S/C40H50O5Si/c1-40(2,3)46(37-18-12-9-13-19-37,38-20-14-10-15-21-38)45-31-34-29-33(39(42)30-32(34)26-27-41)17-11-7-5-6-8-16-28-44-36-24-22-35(43-4)23-25-36/h9-10,12-15,18-25,29,32,34,41H,6,8,11,16-17,26-28,30-31H2,1-4H3/t32-,34-/m1/s1. The van der Waals surface area contributed by atoms with Gasteiger partial charge in [-0.05, 0) is 76.9 Å². The van der Waals surface area contributed by atoms with Gasteiger partial charge in [-0.15, -0.1) is 11.8 Å². The number of hydrogen-bond donors (Lipinski definition) is 1. The van der Waals surface area contributed by atoms with Crippen LogP contribution in [0.25, 0.3) is 0 Å². The second kappa shape index (κ2) is 17.3. The zero-order valence-corrected chi connectivity index (χ0v) is 29.0. The molecule has 0 bridgehead atoms. The Balaban J connectivity index is 1.38. The van der Waals surface area contributed by atoms with Crippen LogP contribution in [-0.2, 0) is 9.22 Å². The Morgan fingerprint density at radius 3 is 2.04 bits per heavy atom. The molecule has 0 spiro atoms. The largest absolute Gasteiger partial charge is 0.497 e. The number of rotatable bonds is 15. The van der Waals surface area contributed by atoms with Crippen LogP contribution in [0.15, 0.2) is 96.6 Å². The van der Waals surface area contributed by atoms with Gasteiger partial charge in [-0.2, -0.15) is 0 Å². The van der Waals surface area contributed by atoms with Gasteiger partial charge in [0.05, 0.1) is 13.7 Å². The first kappa shape index (κ1) is 35.2. The number of ether oxygens (including phenoxy) is 2. The summed E-state index contributed by atoms with van der Waals surface area (Å²) in [5.74, 6) is 8.52. The number of benzene rings is 3. The van der Waals surface area contributed by atoms with Gasteiger partial charge in [-0.1, -0.05) is 87.5 Å². The van der Waals surface area contributed by atoms with Crippen LogP contribution in [0.1, 0.15) is 65.7 Å². The quantitative estimate of drug-likeness (QED) is 0.109. The van der Waals surface area contributed by atoms with Crippen molar-refractivity contribution in [1.29, 1.82) is 0 Å². The third kappa shape index (κ3) is 9.22. The number of allylic oxidation sites excluding steroid dienone is 1. The fraction of sp³-hybridized carbons (Fsp3) is 0.425. The maximum Gasteiger partial charge on any atom is 0.261 e. The molecule has 2 atom stereocenters. The van der Waals surface area contributed by atoms with Crippen molar-refractivity contribution in [3.63, 3.8) is 0 Å². The van der Waals surface area contributed by atoms with E-state index < -0.39 is 8.32 Å². The van der Waals surface area contributed by atoms with Gasteiger partial charge in [-0.3, -0.25) is 4.79 Å². The number of aliphatic hydroxyl groups excluding tert-OH is 1. The molecule has 0 unspecified atom stereocenters. The highest BCUT2D eigenvalue weighted by Gasteiger charge is 2.50. The lowest BCUT2D eigenvalue weighted by molar-refractivity contribution is -0.117. The molecule has 5 nitrogen and oxygen atoms in total. The summed E-state index contributed by atoms with van der Waals surface area (Å²) in [6.07, 6.45) is 7.20. The summed E-state index contributed by atoms with van der Waals surface area (Å²) in [6, 6.07) is 28.9. The molecule has 3 aromatic rings. The van der Waals surface area contributed by atoms with E-state index in [0.29, 0.717) is 38.9 Å². The molecule has 0 aromatic heterocycles. The lowest BCUT2D eigenvalue weighted by atomic mass is 9.78. The van der Waals surface area contributed by atoms with Gasteiger partial charge in [0.2, 0.25) is 0 Å². The van der Waals surface area contributed by atoms with Gasteiger partial charge < -0.3 is 19.0 Å². The minimum Gasteiger partial charge on any atom is -0.497 e. The van der Waals surface area contributed by atoms with E-state index in [1.807, 2.05) is 24.3 Å². The van der Waals surface area contributed by atoms with Crippen LogP contribution in [0.2, 0.25) is 5.04 Å². The lowest BCUT2D eigenvalue weighted by Crippen LogP contribution is -2.67. The van der Waals surface area contributed by atoms with Gasteiger partial charge in [0, 0.05) is 38.4 Å². The minimum absolute atomic E-state index is 0.0557. The highest BCUT2D eigenvalue weighted by atomic mass is 28.4. The Bertz CT molecular complexity index is 1410. The van der Waals surface area contributed by atoms with Crippen LogP contribution in [0.3, 0.4) is 0 Å². The Kier molecular flexibility index (Phi) is 13.3. The molecule has 3 aromatic carbocycles. The van der Waals surface area contributed by atoms with Crippen LogP contribution in [-0.4, -0.2) is 46.1 Å². The fourth-order valence-electron chi connectivity index (χ4n) is 6.43. The number of ketones is 1. The minimum atomic E-state index is -2.71. The highest BCUT2D eigenvalue weighted by molar-refractivity contribution is 6.99. The molecule has 4 rings (SSSR count). The first-order valence-electron chi connectivity index (χ1n) is 16.6. The highest BCUT2D eigenvalue weighted by Crippen LogP contribution is 2.39. The van der Waals surface area contributed by atoms with Crippen LogP contribution in [0.4, 0.5) is 0 Å². The van der Waals surface area contributed by atoms with Crippen molar-refractivity contribution >= 4 is 24.5 Å². The summed E-state index contributed by atoms with van der Waals surface area (Å²) in [5, 5.41) is 12.2. The number of unbranched alkanes of at least 4 members (excludes halogenated alkanes) is 2. The van der Waals surface area contributed by atoms with E-state index in [1.165, 1.54) is 10.4 Å². The van der Waals surface area contributed by atoms with Crippen molar-refractivity contribution in [2.24, 2.45) is 11.8 Å². The second-order valence-corrected chi connectivity index (χ2v) is 17.4. The van der Waals surface area contributed by atoms with Gasteiger partial charge in [0.15, 0.2) is 5.78 Å². The van der Waals surface area contributed by atoms with Crippen LogP contribution in [0, 0.1) is 23.7 Å². The molecule has 244 valence electrons. The van der Waals surface area contributed by atoms with Crippen LogP contribution < -0.4 is 19.8 Å². The molecule has 0 heterocycles. The maximum atomic E-state index is 13.2. The van der Waals surface area contributed by atoms with Crippen molar-refractivity contribution in [1.82, 2.24) is 0 Å². The first-order valence-corrected chi connectivity index (χ1v) is 18.5. The number of methoxy groups -OCH3 is 1. The Morgan fingerprint density at radius 2 is 1.46 bits per heavy atom. The topological polar surface area (TPSA) is 65.0 Å². The van der Waals surface area contributed by atoms with E-state index in [0.717, 1.165) is 36.3 Å². The number of carbonyl (C=O) groups is 1. The maximum absolute atomic E-state index is 13.2.